The minimum Gasteiger partial charge on any atom is -0.481 e. The van der Waals surface area contributed by atoms with Crippen molar-refractivity contribution in [1.82, 2.24) is 9.55 Å². The first-order chi connectivity index (χ1) is 7.52. The number of hydrogen-bond donors (Lipinski definition) is 1. The first-order valence-electron chi connectivity index (χ1n) is 5.51. The molecule has 0 amide bonds. The third-order valence-corrected chi connectivity index (χ3v) is 3.39. The fourth-order valence-corrected chi connectivity index (χ4v) is 2.56. The summed E-state index contributed by atoms with van der Waals surface area (Å²) < 4.78 is 1.85. The van der Waals surface area contributed by atoms with Crippen molar-refractivity contribution in [2.24, 2.45) is 0 Å². The van der Waals surface area contributed by atoms with Crippen molar-refractivity contribution in [1.29, 1.82) is 0 Å². The van der Waals surface area contributed by atoms with Gasteiger partial charge in [0.05, 0.1) is 5.69 Å². The van der Waals surface area contributed by atoms with Crippen molar-refractivity contribution in [3.05, 3.63) is 16.7 Å². The molecule has 0 radical (unpaired) electrons. The number of carbonyl (C=O) groups is 1. The monoisotopic (exact) mass is 242 g/mol. The van der Waals surface area contributed by atoms with E-state index in [1.165, 1.54) is 0 Å². The standard InChI is InChI=1S/C11H15ClN2O2/c1-6(2)8-9(12)14-5-3-4-7(11(15)16)10(14)13-8/h6-7H,3-5H2,1-2H3,(H,15,16). The number of rotatable bonds is 2. The van der Waals surface area contributed by atoms with Gasteiger partial charge in [0.2, 0.25) is 0 Å². The van der Waals surface area contributed by atoms with Gasteiger partial charge in [-0.05, 0) is 18.8 Å². The molecular weight excluding hydrogens is 228 g/mol. The van der Waals surface area contributed by atoms with E-state index < -0.39 is 11.9 Å². The Morgan fingerprint density at radius 1 is 1.62 bits per heavy atom. The normalized spacial score (nSPS) is 19.9. The Morgan fingerprint density at radius 2 is 2.31 bits per heavy atom. The Kier molecular flexibility index (Phi) is 2.93. The third-order valence-electron chi connectivity index (χ3n) is 2.99. The fraction of sp³-hybridized carbons (Fsp3) is 0.636. The molecule has 1 aliphatic rings. The van der Waals surface area contributed by atoms with Gasteiger partial charge in [-0.2, -0.15) is 0 Å². The van der Waals surface area contributed by atoms with Crippen LogP contribution in [-0.2, 0) is 11.3 Å². The van der Waals surface area contributed by atoms with E-state index in [1.807, 2.05) is 18.4 Å². The van der Waals surface area contributed by atoms with E-state index >= 15 is 0 Å². The number of halogens is 1. The van der Waals surface area contributed by atoms with Crippen LogP contribution >= 0.6 is 11.6 Å². The lowest BCUT2D eigenvalue weighted by Gasteiger charge is -2.20. The number of carboxylic acids is 1. The first kappa shape index (κ1) is 11.5. The Labute approximate surface area is 99.2 Å². The van der Waals surface area contributed by atoms with Crippen LogP contribution in [0.5, 0.6) is 0 Å². The van der Waals surface area contributed by atoms with Gasteiger partial charge in [-0.1, -0.05) is 25.4 Å². The summed E-state index contributed by atoms with van der Waals surface area (Å²) in [6.45, 7) is 4.80. The topological polar surface area (TPSA) is 55.1 Å². The second-order valence-electron chi connectivity index (χ2n) is 4.49. The van der Waals surface area contributed by atoms with Crippen LogP contribution in [0.3, 0.4) is 0 Å². The summed E-state index contributed by atoms with van der Waals surface area (Å²) in [4.78, 5) is 15.5. The molecule has 1 aromatic rings. The number of imidazole rings is 1. The van der Waals surface area contributed by atoms with Gasteiger partial charge in [0.25, 0.3) is 0 Å². The molecule has 88 valence electrons. The molecule has 4 nitrogen and oxygen atoms in total. The molecule has 0 aromatic carbocycles. The van der Waals surface area contributed by atoms with Gasteiger partial charge in [-0.25, -0.2) is 4.98 Å². The maximum absolute atomic E-state index is 11.1. The zero-order valence-electron chi connectivity index (χ0n) is 9.40. The SMILES string of the molecule is CC(C)c1nc2n(c1Cl)CCCC2C(=O)O. The predicted molar refractivity (Wildman–Crippen MR) is 60.9 cm³/mol. The zero-order chi connectivity index (χ0) is 11.9. The van der Waals surface area contributed by atoms with E-state index in [2.05, 4.69) is 4.98 Å². The predicted octanol–water partition coefficient (Wildman–Crippen LogP) is 2.62. The van der Waals surface area contributed by atoms with E-state index in [1.54, 1.807) is 0 Å². The van der Waals surface area contributed by atoms with E-state index in [0.29, 0.717) is 17.4 Å². The molecule has 1 N–H and O–H groups in total. The molecule has 1 aliphatic heterocycles. The molecule has 2 heterocycles. The van der Waals surface area contributed by atoms with Crippen LogP contribution in [0.4, 0.5) is 0 Å². The van der Waals surface area contributed by atoms with E-state index in [-0.39, 0.29) is 5.92 Å². The van der Waals surface area contributed by atoms with Gasteiger partial charge in [-0.15, -0.1) is 0 Å². The molecule has 2 rings (SSSR count). The number of fused-ring (bicyclic) bond motifs is 1. The van der Waals surface area contributed by atoms with Crippen molar-refractivity contribution < 1.29 is 9.90 Å². The van der Waals surface area contributed by atoms with E-state index in [4.69, 9.17) is 16.7 Å². The Hall–Kier alpha value is -1.03. The number of nitrogens with zero attached hydrogens (tertiary/aromatic N) is 2. The number of carboxylic acid groups (broad SMARTS) is 1. The molecule has 1 atom stereocenters. The molecule has 0 spiro atoms. The Balaban J connectivity index is 2.50. The first-order valence-corrected chi connectivity index (χ1v) is 5.88. The average molecular weight is 243 g/mol. The van der Waals surface area contributed by atoms with Gasteiger partial charge in [0.15, 0.2) is 0 Å². The van der Waals surface area contributed by atoms with Gasteiger partial charge >= 0.3 is 5.97 Å². The lowest BCUT2D eigenvalue weighted by atomic mass is 9.99. The second-order valence-corrected chi connectivity index (χ2v) is 4.84. The van der Waals surface area contributed by atoms with Gasteiger partial charge < -0.3 is 9.67 Å². The van der Waals surface area contributed by atoms with Crippen LogP contribution in [0.15, 0.2) is 0 Å². The summed E-state index contributed by atoms with van der Waals surface area (Å²) in [6, 6.07) is 0. The number of hydrogen-bond acceptors (Lipinski definition) is 2. The van der Waals surface area contributed by atoms with Gasteiger partial charge in [0, 0.05) is 6.54 Å². The number of aliphatic carboxylic acids is 1. The molecule has 16 heavy (non-hydrogen) atoms. The minimum atomic E-state index is -0.807. The molecule has 0 bridgehead atoms. The van der Waals surface area contributed by atoms with Crippen molar-refractivity contribution >= 4 is 17.6 Å². The minimum absolute atomic E-state index is 0.222. The highest BCUT2D eigenvalue weighted by Crippen LogP contribution is 2.34. The van der Waals surface area contributed by atoms with Crippen LogP contribution in [0, 0.1) is 0 Å². The van der Waals surface area contributed by atoms with Crippen molar-refractivity contribution in [2.75, 3.05) is 0 Å². The lowest BCUT2D eigenvalue weighted by molar-refractivity contribution is -0.139. The van der Waals surface area contributed by atoms with Crippen LogP contribution in [0.25, 0.3) is 0 Å². The second kappa shape index (κ2) is 4.09. The summed E-state index contributed by atoms with van der Waals surface area (Å²) in [6.07, 6.45) is 1.50. The maximum Gasteiger partial charge on any atom is 0.314 e. The fourth-order valence-electron chi connectivity index (χ4n) is 2.13. The van der Waals surface area contributed by atoms with E-state index in [0.717, 1.165) is 18.7 Å². The largest absolute Gasteiger partial charge is 0.481 e. The van der Waals surface area contributed by atoms with Gasteiger partial charge in [0.1, 0.15) is 16.9 Å². The molecule has 1 aromatic heterocycles. The third kappa shape index (κ3) is 1.71. The summed E-state index contributed by atoms with van der Waals surface area (Å²) in [5.41, 5.74) is 0.810. The highest BCUT2D eigenvalue weighted by molar-refractivity contribution is 6.30. The molecule has 1 unspecified atom stereocenters. The van der Waals surface area contributed by atoms with E-state index in [9.17, 15) is 4.79 Å². The molecule has 0 fully saturated rings. The highest BCUT2D eigenvalue weighted by Gasteiger charge is 2.31. The maximum atomic E-state index is 11.1. The summed E-state index contributed by atoms with van der Waals surface area (Å²) in [5, 5.41) is 9.73. The molecule has 0 aliphatic carbocycles. The molecular formula is C11H15ClN2O2. The van der Waals surface area contributed by atoms with Crippen molar-refractivity contribution in [2.45, 2.75) is 45.1 Å². The smallest absolute Gasteiger partial charge is 0.314 e. The van der Waals surface area contributed by atoms with Crippen LogP contribution in [-0.4, -0.2) is 20.6 Å². The average Bonchev–Trinajstić information content (AvgIpc) is 2.56. The van der Waals surface area contributed by atoms with Crippen molar-refractivity contribution in [3.63, 3.8) is 0 Å². The molecule has 5 heteroatoms. The lowest BCUT2D eigenvalue weighted by Crippen LogP contribution is -2.22. The quantitative estimate of drug-likeness (QED) is 0.867. The molecule has 0 saturated heterocycles. The van der Waals surface area contributed by atoms with Crippen molar-refractivity contribution in [3.8, 4) is 0 Å². The number of aromatic nitrogens is 2. The Bertz CT molecular complexity index is 426. The Morgan fingerprint density at radius 3 is 2.88 bits per heavy atom. The summed E-state index contributed by atoms with van der Waals surface area (Å²) >= 11 is 6.21. The van der Waals surface area contributed by atoms with Crippen LogP contribution < -0.4 is 0 Å². The summed E-state index contributed by atoms with van der Waals surface area (Å²) in [7, 11) is 0. The zero-order valence-corrected chi connectivity index (χ0v) is 10.2. The van der Waals surface area contributed by atoms with Gasteiger partial charge in [-0.3, -0.25) is 4.79 Å². The highest BCUT2D eigenvalue weighted by atomic mass is 35.5. The van der Waals surface area contributed by atoms with Crippen LogP contribution in [0.1, 0.15) is 50.0 Å². The summed E-state index contributed by atoms with van der Waals surface area (Å²) in [5.74, 6) is -0.468. The molecule has 0 saturated carbocycles. The van der Waals surface area contributed by atoms with Crippen LogP contribution in [0.2, 0.25) is 5.15 Å².